The number of aromatic nitrogens is 2. The van der Waals surface area contributed by atoms with Crippen molar-refractivity contribution >= 4 is 11.6 Å². The van der Waals surface area contributed by atoms with E-state index < -0.39 is 0 Å². The van der Waals surface area contributed by atoms with Gasteiger partial charge >= 0.3 is 0 Å². The second-order valence-corrected chi connectivity index (χ2v) is 4.53. The van der Waals surface area contributed by atoms with Crippen LogP contribution in [0, 0.1) is 0 Å². The van der Waals surface area contributed by atoms with Gasteiger partial charge in [0.15, 0.2) is 5.15 Å². The van der Waals surface area contributed by atoms with Crippen LogP contribution in [-0.4, -0.2) is 10.2 Å². The molecule has 0 atom stereocenters. The highest BCUT2D eigenvalue weighted by molar-refractivity contribution is 6.29. The van der Waals surface area contributed by atoms with Crippen LogP contribution in [0.2, 0.25) is 5.15 Å². The van der Waals surface area contributed by atoms with Crippen LogP contribution < -0.4 is 4.74 Å². The van der Waals surface area contributed by atoms with Gasteiger partial charge in [-0.05, 0) is 42.5 Å². The largest absolute Gasteiger partial charge is 0.438 e. The van der Waals surface area contributed by atoms with Crippen LogP contribution in [0.3, 0.4) is 0 Å². The number of nitrogens with zero attached hydrogens (tertiary/aromatic N) is 2. The first-order chi connectivity index (χ1) is 8.31. The summed E-state index contributed by atoms with van der Waals surface area (Å²) in [5.41, 5.74) is 1.34. The summed E-state index contributed by atoms with van der Waals surface area (Å²) in [4.78, 5) is 0. The van der Waals surface area contributed by atoms with Crippen molar-refractivity contribution in [3.8, 4) is 11.6 Å². The molecule has 3 rings (SSSR count). The fraction of sp³-hybridized carbons (Fsp3) is 0.231. The Bertz CT molecular complexity index is 523. The lowest BCUT2D eigenvalue weighted by Gasteiger charge is -2.05. The Balaban J connectivity index is 1.79. The monoisotopic (exact) mass is 246 g/mol. The molecule has 0 saturated heterocycles. The van der Waals surface area contributed by atoms with Crippen molar-refractivity contribution in [2.24, 2.45) is 0 Å². The van der Waals surface area contributed by atoms with Crippen molar-refractivity contribution in [2.75, 3.05) is 0 Å². The molecule has 86 valence electrons. The highest BCUT2D eigenvalue weighted by Gasteiger charge is 2.23. The molecule has 0 radical (unpaired) electrons. The van der Waals surface area contributed by atoms with Gasteiger partial charge < -0.3 is 4.74 Å². The zero-order valence-corrected chi connectivity index (χ0v) is 9.89. The molecule has 0 unspecified atom stereocenters. The molecule has 1 heterocycles. The Morgan fingerprint density at radius 2 is 2.00 bits per heavy atom. The maximum absolute atomic E-state index is 5.66. The predicted molar refractivity (Wildman–Crippen MR) is 65.5 cm³/mol. The number of benzene rings is 1. The molecule has 0 N–H and O–H groups in total. The second-order valence-electron chi connectivity index (χ2n) is 4.14. The molecule has 2 aromatic rings. The summed E-state index contributed by atoms with van der Waals surface area (Å²) in [6.45, 7) is 0. The van der Waals surface area contributed by atoms with Gasteiger partial charge in [-0.3, -0.25) is 0 Å². The summed E-state index contributed by atoms with van der Waals surface area (Å²) >= 11 is 5.66. The Labute approximate surface area is 104 Å². The number of rotatable bonds is 3. The van der Waals surface area contributed by atoms with Crippen LogP contribution in [0.4, 0.5) is 0 Å². The maximum atomic E-state index is 5.66. The van der Waals surface area contributed by atoms with Crippen molar-refractivity contribution in [1.82, 2.24) is 10.2 Å². The maximum Gasteiger partial charge on any atom is 0.238 e. The van der Waals surface area contributed by atoms with E-state index in [9.17, 15) is 0 Å². The van der Waals surface area contributed by atoms with E-state index in [1.54, 1.807) is 12.1 Å². The summed E-state index contributed by atoms with van der Waals surface area (Å²) in [6.07, 6.45) is 2.56. The summed E-state index contributed by atoms with van der Waals surface area (Å²) in [5.74, 6) is 1.98. The van der Waals surface area contributed by atoms with E-state index >= 15 is 0 Å². The van der Waals surface area contributed by atoms with E-state index in [0.29, 0.717) is 11.0 Å². The van der Waals surface area contributed by atoms with Gasteiger partial charge in [-0.25, -0.2) is 0 Å². The molecule has 1 aromatic heterocycles. The molecular formula is C13H11ClN2O. The molecule has 1 aromatic carbocycles. The van der Waals surface area contributed by atoms with E-state index in [-0.39, 0.29) is 0 Å². The lowest BCUT2D eigenvalue weighted by Crippen LogP contribution is -1.90. The van der Waals surface area contributed by atoms with Crippen molar-refractivity contribution in [2.45, 2.75) is 18.8 Å². The van der Waals surface area contributed by atoms with E-state index in [1.165, 1.54) is 18.4 Å². The minimum atomic E-state index is 0.365. The number of ether oxygens (including phenoxy) is 1. The van der Waals surface area contributed by atoms with Gasteiger partial charge in [0.2, 0.25) is 5.88 Å². The molecule has 0 bridgehead atoms. The number of hydrogen-bond donors (Lipinski definition) is 0. The van der Waals surface area contributed by atoms with E-state index in [4.69, 9.17) is 16.3 Å². The zero-order valence-electron chi connectivity index (χ0n) is 9.14. The van der Waals surface area contributed by atoms with E-state index in [2.05, 4.69) is 22.3 Å². The quantitative estimate of drug-likeness (QED) is 0.826. The Morgan fingerprint density at radius 1 is 1.12 bits per heavy atom. The van der Waals surface area contributed by atoms with Crippen molar-refractivity contribution in [1.29, 1.82) is 0 Å². The fourth-order valence-corrected chi connectivity index (χ4v) is 1.83. The molecule has 0 amide bonds. The Kier molecular flexibility index (Phi) is 2.69. The molecule has 3 nitrogen and oxygen atoms in total. The first-order valence-corrected chi connectivity index (χ1v) is 5.96. The average Bonchev–Trinajstić information content (AvgIpc) is 3.17. The lowest BCUT2D eigenvalue weighted by molar-refractivity contribution is 0.454. The third-order valence-corrected chi connectivity index (χ3v) is 2.94. The first-order valence-electron chi connectivity index (χ1n) is 5.58. The normalized spacial score (nSPS) is 14.6. The van der Waals surface area contributed by atoms with Crippen molar-refractivity contribution in [3.05, 3.63) is 47.1 Å². The van der Waals surface area contributed by atoms with Gasteiger partial charge in [0.05, 0.1) is 0 Å². The van der Waals surface area contributed by atoms with Gasteiger partial charge in [0, 0.05) is 6.07 Å². The van der Waals surface area contributed by atoms with Crippen molar-refractivity contribution < 1.29 is 4.74 Å². The zero-order chi connectivity index (χ0) is 11.7. The van der Waals surface area contributed by atoms with Crippen LogP contribution in [0.5, 0.6) is 11.6 Å². The second kappa shape index (κ2) is 4.34. The summed E-state index contributed by atoms with van der Waals surface area (Å²) in [5, 5.41) is 7.96. The van der Waals surface area contributed by atoms with Crippen LogP contribution in [0.25, 0.3) is 0 Å². The van der Waals surface area contributed by atoms with Crippen LogP contribution in [-0.2, 0) is 0 Å². The topological polar surface area (TPSA) is 35.0 Å². The standard InChI is InChI=1S/C13H11ClN2O/c14-12-6-7-13(16-15-12)17-11-3-1-2-10(8-11)9-4-5-9/h1-3,6-9H,4-5H2. The molecule has 1 fully saturated rings. The minimum Gasteiger partial charge on any atom is -0.438 e. The molecule has 0 spiro atoms. The third kappa shape index (κ3) is 2.56. The Morgan fingerprint density at radius 3 is 2.71 bits per heavy atom. The molecule has 4 heteroatoms. The molecular weight excluding hydrogens is 236 g/mol. The smallest absolute Gasteiger partial charge is 0.238 e. The highest BCUT2D eigenvalue weighted by Crippen LogP contribution is 2.41. The minimum absolute atomic E-state index is 0.365. The molecule has 0 aliphatic heterocycles. The Hall–Kier alpha value is -1.61. The van der Waals surface area contributed by atoms with Crippen LogP contribution in [0.1, 0.15) is 24.3 Å². The molecule has 1 aliphatic carbocycles. The summed E-state index contributed by atoms with van der Waals surface area (Å²) < 4.78 is 5.62. The van der Waals surface area contributed by atoms with E-state index in [0.717, 1.165) is 11.7 Å². The number of halogens is 1. The SMILES string of the molecule is Clc1ccc(Oc2cccc(C3CC3)c2)nn1. The summed E-state index contributed by atoms with van der Waals surface area (Å²) in [6, 6.07) is 11.5. The lowest BCUT2D eigenvalue weighted by atomic mass is 10.1. The highest BCUT2D eigenvalue weighted by atomic mass is 35.5. The van der Waals surface area contributed by atoms with Gasteiger partial charge in [0.1, 0.15) is 5.75 Å². The third-order valence-electron chi connectivity index (χ3n) is 2.74. The molecule has 1 aliphatic rings. The van der Waals surface area contributed by atoms with Gasteiger partial charge in [0.25, 0.3) is 0 Å². The van der Waals surface area contributed by atoms with Crippen LogP contribution in [0.15, 0.2) is 36.4 Å². The average molecular weight is 247 g/mol. The summed E-state index contributed by atoms with van der Waals surface area (Å²) in [7, 11) is 0. The van der Waals surface area contributed by atoms with Crippen LogP contribution >= 0.6 is 11.6 Å². The van der Waals surface area contributed by atoms with Gasteiger partial charge in [-0.15, -0.1) is 10.2 Å². The van der Waals surface area contributed by atoms with Crippen molar-refractivity contribution in [3.63, 3.8) is 0 Å². The van der Waals surface area contributed by atoms with E-state index in [1.807, 2.05) is 12.1 Å². The fourth-order valence-electron chi connectivity index (χ4n) is 1.73. The van der Waals surface area contributed by atoms with Gasteiger partial charge in [-0.2, -0.15) is 0 Å². The first kappa shape index (κ1) is 10.5. The predicted octanol–water partition coefficient (Wildman–Crippen LogP) is 3.80. The van der Waals surface area contributed by atoms with Gasteiger partial charge in [-0.1, -0.05) is 23.7 Å². The number of hydrogen-bond acceptors (Lipinski definition) is 3. The molecule has 1 saturated carbocycles. The molecule has 17 heavy (non-hydrogen) atoms.